The van der Waals surface area contributed by atoms with Gasteiger partial charge in [0.1, 0.15) is 0 Å². The molecule has 3 aromatic carbocycles. The van der Waals surface area contributed by atoms with Gasteiger partial charge in [0.15, 0.2) is 0 Å². The van der Waals surface area contributed by atoms with E-state index in [0.717, 1.165) is 36.2 Å². The van der Waals surface area contributed by atoms with E-state index < -0.39 is 11.7 Å². The fourth-order valence-electron chi connectivity index (χ4n) is 4.15. The average Bonchev–Trinajstić information content (AvgIpc) is 3.39. The van der Waals surface area contributed by atoms with Crippen LogP contribution in [0.15, 0.2) is 97.5 Å². The number of hydrogen-bond donors (Lipinski definition) is 0. The van der Waals surface area contributed by atoms with E-state index >= 15 is 0 Å². The summed E-state index contributed by atoms with van der Waals surface area (Å²) in [6.45, 7) is 1.08. The first-order valence-corrected chi connectivity index (χ1v) is 11.2. The first kappa shape index (κ1) is 25.7. The Balaban J connectivity index is 0.000000185. The molecule has 182 valence electrons. The second-order valence-electron chi connectivity index (χ2n) is 8.20. The van der Waals surface area contributed by atoms with Crippen molar-refractivity contribution in [3.8, 4) is 22.4 Å². The molecule has 1 aromatic heterocycles. The molecule has 7 heteroatoms. The number of alkyl halides is 3. The zero-order valence-corrected chi connectivity index (χ0v) is 21.4. The number of halogens is 3. The van der Waals surface area contributed by atoms with Gasteiger partial charge < -0.3 is 15.2 Å². The van der Waals surface area contributed by atoms with Gasteiger partial charge in [0.05, 0.1) is 0 Å². The van der Waals surface area contributed by atoms with Crippen molar-refractivity contribution >= 4 is 0 Å². The molecular weight excluding hydrogens is 640 g/mol. The van der Waals surface area contributed by atoms with Crippen LogP contribution in [-0.2, 0) is 32.7 Å². The van der Waals surface area contributed by atoms with Crippen molar-refractivity contribution in [3.63, 3.8) is 0 Å². The molecule has 2 aliphatic heterocycles. The van der Waals surface area contributed by atoms with Crippen molar-refractivity contribution in [2.75, 3.05) is 6.54 Å². The SMILES string of the molecule is FC(F)(F)c1c[c-]c(-c2cc(-c3ccccc3)ccn2)cc1.[Ir+3].[c-]1cccc2c1C1[N-]C=CN1CC2. The Hall–Kier alpha value is -3.41. The van der Waals surface area contributed by atoms with Gasteiger partial charge in [-0.05, 0) is 40.8 Å². The minimum atomic E-state index is -4.35. The Morgan fingerprint density at radius 2 is 1.78 bits per heavy atom. The molecule has 3 nitrogen and oxygen atoms in total. The molecule has 1 unspecified atom stereocenters. The maximum atomic E-state index is 12.6. The normalized spacial score (nSPS) is 15.5. The van der Waals surface area contributed by atoms with Crippen molar-refractivity contribution in [2.24, 2.45) is 0 Å². The third-order valence-corrected chi connectivity index (χ3v) is 5.96. The largest absolute Gasteiger partial charge is 3.00 e. The summed E-state index contributed by atoms with van der Waals surface area (Å²) in [5.41, 5.74) is 5.04. The maximum Gasteiger partial charge on any atom is 3.00 e. The molecule has 0 saturated heterocycles. The van der Waals surface area contributed by atoms with Crippen LogP contribution in [-0.4, -0.2) is 16.4 Å². The number of aromatic nitrogens is 1. The Kier molecular flexibility index (Phi) is 7.92. The van der Waals surface area contributed by atoms with Crippen LogP contribution < -0.4 is 0 Å². The molecule has 0 aliphatic carbocycles. The number of hydrogen-bond acceptors (Lipinski definition) is 2. The van der Waals surface area contributed by atoms with Crippen LogP contribution in [0.3, 0.4) is 0 Å². The van der Waals surface area contributed by atoms with E-state index in [2.05, 4.69) is 45.7 Å². The Bertz CT molecular complexity index is 1320. The van der Waals surface area contributed by atoms with Gasteiger partial charge in [-0.1, -0.05) is 42.8 Å². The number of rotatable bonds is 2. The van der Waals surface area contributed by atoms with Gasteiger partial charge in [-0.2, -0.15) is 54.8 Å². The summed E-state index contributed by atoms with van der Waals surface area (Å²) in [4.78, 5) is 6.48. The number of nitrogens with zero attached hydrogens (tertiary/aromatic N) is 3. The molecule has 0 N–H and O–H groups in total. The molecule has 0 fully saturated rings. The number of pyridine rings is 1. The summed E-state index contributed by atoms with van der Waals surface area (Å²) < 4.78 is 37.7. The van der Waals surface area contributed by atoms with Crippen LogP contribution in [0.4, 0.5) is 13.2 Å². The monoisotopic (exact) mass is 661 g/mol. The van der Waals surface area contributed by atoms with E-state index in [1.165, 1.54) is 17.2 Å². The van der Waals surface area contributed by atoms with Crippen molar-refractivity contribution in [1.82, 2.24) is 9.88 Å². The van der Waals surface area contributed by atoms with Crippen LogP contribution in [0, 0.1) is 12.1 Å². The smallest absolute Gasteiger partial charge is 0.668 e. The minimum absolute atomic E-state index is 0. The molecule has 36 heavy (non-hydrogen) atoms. The Labute approximate surface area is 222 Å². The van der Waals surface area contributed by atoms with Crippen molar-refractivity contribution < 1.29 is 33.3 Å². The second kappa shape index (κ2) is 11.1. The van der Waals surface area contributed by atoms with Gasteiger partial charge in [0.25, 0.3) is 0 Å². The molecule has 0 saturated carbocycles. The summed E-state index contributed by atoms with van der Waals surface area (Å²) >= 11 is 0. The van der Waals surface area contributed by atoms with Crippen LogP contribution in [0.25, 0.3) is 27.7 Å². The molecule has 1 atom stereocenters. The zero-order chi connectivity index (χ0) is 24.3. The molecule has 6 rings (SSSR count). The van der Waals surface area contributed by atoms with Gasteiger partial charge in [-0.3, -0.25) is 0 Å². The van der Waals surface area contributed by atoms with E-state index in [1.54, 1.807) is 6.20 Å². The summed E-state index contributed by atoms with van der Waals surface area (Å²) in [6.07, 6.45) is 2.57. The van der Waals surface area contributed by atoms with Gasteiger partial charge in [-0.15, -0.1) is 29.8 Å². The Morgan fingerprint density at radius 1 is 0.944 bits per heavy atom. The first-order chi connectivity index (χ1) is 17.0. The van der Waals surface area contributed by atoms with Crippen LogP contribution >= 0.6 is 0 Å². The van der Waals surface area contributed by atoms with E-state index in [-0.39, 0.29) is 26.3 Å². The third-order valence-electron chi connectivity index (χ3n) is 5.96. The maximum absolute atomic E-state index is 12.6. The van der Waals surface area contributed by atoms with Crippen molar-refractivity contribution in [1.29, 1.82) is 0 Å². The van der Waals surface area contributed by atoms with E-state index in [9.17, 15) is 13.2 Å². The standard InChI is InChI=1S/C18H11F3N.C11H10N2.Ir/c19-18(20,21)16-8-6-14(7-9-16)17-12-15(10-11-22-17)13-4-2-1-3-5-13;1-2-4-10-9(3-1)5-7-13-8-6-12-11(10)13;/h1-6,8-12H;1-3,6,8,11H,5,7H2;/q-1;-2;+3. The molecule has 3 heterocycles. The van der Waals surface area contributed by atoms with Crippen LogP contribution in [0.2, 0.25) is 0 Å². The van der Waals surface area contributed by atoms with Gasteiger partial charge in [0.2, 0.25) is 0 Å². The van der Waals surface area contributed by atoms with Crippen molar-refractivity contribution in [2.45, 2.75) is 18.8 Å². The van der Waals surface area contributed by atoms with E-state index in [1.807, 2.05) is 54.7 Å². The molecule has 0 bridgehead atoms. The summed E-state index contributed by atoms with van der Waals surface area (Å²) in [5.74, 6) is 0. The second-order valence-corrected chi connectivity index (χ2v) is 8.20. The molecule has 0 spiro atoms. The summed E-state index contributed by atoms with van der Waals surface area (Å²) in [6, 6.07) is 29.0. The third kappa shape index (κ3) is 5.69. The number of fused-ring (bicyclic) bond motifs is 3. The Morgan fingerprint density at radius 3 is 2.53 bits per heavy atom. The number of benzene rings is 3. The summed E-state index contributed by atoms with van der Waals surface area (Å²) in [5, 5.41) is 4.41. The summed E-state index contributed by atoms with van der Waals surface area (Å²) in [7, 11) is 0. The van der Waals surface area contributed by atoms with Gasteiger partial charge >= 0.3 is 26.3 Å². The molecule has 0 radical (unpaired) electrons. The van der Waals surface area contributed by atoms with Crippen LogP contribution in [0.5, 0.6) is 0 Å². The predicted octanol–water partition coefficient (Wildman–Crippen LogP) is 7.43. The predicted molar refractivity (Wildman–Crippen MR) is 130 cm³/mol. The fraction of sp³-hybridized carbons (Fsp3) is 0.138. The minimum Gasteiger partial charge on any atom is -0.668 e. The molecule has 4 aromatic rings. The average molecular weight is 661 g/mol. The van der Waals surface area contributed by atoms with E-state index in [0.29, 0.717) is 11.3 Å². The first-order valence-electron chi connectivity index (χ1n) is 11.2. The molecule has 2 aliphatic rings. The fourth-order valence-corrected chi connectivity index (χ4v) is 4.15. The van der Waals surface area contributed by atoms with Gasteiger partial charge in [-0.25, -0.2) is 0 Å². The van der Waals surface area contributed by atoms with E-state index in [4.69, 9.17) is 0 Å². The van der Waals surface area contributed by atoms with Crippen molar-refractivity contribution in [3.05, 3.63) is 132 Å². The molecular formula is C29H21F3IrN3. The van der Waals surface area contributed by atoms with Gasteiger partial charge in [0, 0.05) is 12.7 Å². The molecule has 0 amide bonds. The quantitative estimate of drug-likeness (QED) is 0.210. The van der Waals surface area contributed by atoms with Crippen LogP contribution in [0.1, 0.15) is 22.9 Å². The topological polar surface area (TPSA) is 30.2 Å². The zero-order valence-electron chi connectivity index (χ0n) is 19.0.